The molecule has 0 fully saturated rings. The van der Waals surface area contributed by atoms with Gasteiger partial charge in [-0.2, -0.15) is 0 Å². The molecular formula is C27H28N6O2S. The molecule has 8 nitrogen and oxygen atoms in total. The van der Waals surface area contributed by atoms with Crippen molar-refractivity contribution in [2.75, 3.05) is 11.6 Å². The van der Waals surface area contributed by atoms with Crippen LogP contribution in [0.25, 0.3) is 20.9 Å². The molecule has 1 heterocycles. The first-order chi connectivity index (χ1) is 17.4. The van der Waals surface area contributed by atoms with Crippen molar-refractivity contribution in [3.63, 3.8) is 0 Å². The second-order valence-electron chi connectivity index (χ2n) is 8.05. The van der Waals surface area contributed by atoms with Crippen molar-refractivity contribution in [3.8, 4) is 0 Å². The predicted octanol–water partition coefficient (Wildman–Crippen LogP) is 6.64. The van der Waals surface area contributed by atoms with Crippen LogP contribution in [0.2, 0.25) is 0 Å². The van der Waals surface area contributed by atoms with Gasteiger partial charge in [0.25, 0.3) is 0 Å². The number of rotatable bonds is 8. The van der Waals surface area contributed by atoms with Crippen molar-refractivity contribution < 1.29 is 9.59 Å². The summed E-state index contributed by atoms with van der Waals surface area (Å²) < 4.78 is 0. The third kappa shape index (κ3) is 6.38. The summed E-state index contributed by atoms with van der Waals surface area (Å²) in [7, 11) is 0. The van der Waals surface area contributed by atoms with E-state index < -0.39 is 5.91 Å². The molecule has 0 bridgehead atoms. The number of thioether (sulfide) groups is 1. The Bertz CT molecular complexity index is 1320. The van der Waals surface area contributed by atoms with Crippen LogP contribution in [0.4, 0.5) is 5.82 Å². The third-order valence-electron chi connectivity index (χ3n) is 5.78. The zero-order valence-corrected chi connectivity index (χ0v) is 21.4. The van der Waals surface area contributed by atoms with Crippen LogP contribution in [0, 0.1) is 0 Å². The molecule has 0 atom stereocenters. The number of hydrogen-bond donors (Lipinski definition) is 1. The number of aryl methyl sites for hydroxylation is 1. The van der Waals surface area contributed by atoms with E-state index in [0.29, 0.717) is 30.0 Å². The summed E-state index contributed by atoms with van der Waals surface area (Å²) in [6.07, 6.45) is 19.1. The Balaban J connectivity index is 2.01. The maximum absolute atomic E-state index is 12.9. The summed E-state index contributed by atoms with van der Waals surface area (Å²) in [5, 5.41) is 6.15. The van der Waals surface area contributed by atoms with Gasteiger partial charge >= 0.3 is 0 Å². The number of nitrogens with one attached hydrogen (secondary N) is 1. The minimum atomic E-state index is -0.684. The van der Waals surface area contributed by atoms with Gasteiger partial charge in [-0.25, -0.2) is 9.97 Å². The summed E-state index contributed by atoms with van der Waals surface area (Å²) in [5.74, 6) is -0.398. The average molecular weight is 501 g/mol. The molecule has 0 radical (unpaired) electrons. The summed E-state index contributed by atoms with van der Waals surface area (Å²) in [5.41, 5.74) is 13.6. The second kappa shape index (κ2) is 12.7. The van der Waals surface area contributed by atoms with Crippen LogP contribution in [0.5, 0.6) is 0 Å². The smallest absolute Gasteiger partial charge is 0.249 e. The van der Waals surface area contributed by atoms with E-state index in [1.165, 1.54) is 17.8 Å². The number of carbonyl (C=O) groups excluding carboxylic acids is 2. The molecule has 2 aliphatic carbocycles. The fraction of sp³-hybridized carbons (Fsp3) is 0.259. The van der Waals surface area contributed by atoms with Gasteiger partial charge in [0.1, 0.15) is 5.69 Å². The van der Waals surface area contributed by atoms with E-state index in [-0.39, 0.29) is 17.9 Å². The quantitative estimate of drug-likeness (QED) is 0.141. The highest BCUT2D eigenvalue weighted by atomic mass is 32.2. The molecule has 0 aliphatic heterocycles. The van der Waals surface area contributed by atoms with E-state index in [1.54, 1.807) is 6.08 Å². The molecule has 0 unspecified atom stereocenters. The first-order valence-corrected chi connectivity index (χ1v) is 12.7. The number of carbonyl (C=O) groups is 2. The first-order valence-electron chi connectivity index (χ1n) is 11.5. The predicted molar refractivity (Wildman–Crippen MR) is 147 cm³/mol. The fourth-order valence-electron chi connectivity index (χ4n) is 3.94. The SMILES string of the molecule is C=C/C(=C\C1=C(C)c2nc(/C(=C/C)SC)c(NC(=O)CC3=CCC=CC=C3)nc2CC1)C(=O)N=[N+]=[N-]. The number of anilines is 1. The summed E-state index contributed by atoms with van der Waals surface area (Å²) >= 11 is 1.52. The highest BCUT2D eigenvalue weighted by molar-refractivity contribution is 8.07. The number of fused-ring (bicyclic) bond motifs is 1. The summed E-state index contributed by atoms with van der Waals surface area (Å²) in [6.45, 7) is 7.50. The molecule has 1 aromatic heterocycles. The Morgan fingerprint density at radius 3 is 2.81 bits per heavy atom. The highest BCUT2D eigenvalue weighted by Gasteiger charge is 2.23. The monoisotopic (exact) mass is 500 g/mol. The second-order valence-corrected chi connectivity index (χ2v) is 8.90. The van der Waals surface area contributed by atoms with E-state index in [1.807, 2.05) is 56.6 Å². The Morgan fingerprint density at radius 1 is 1.31 bits per heavy atom. The van der Waals surface area contributed by atoms with E-state index in [0.717, 1.165) is 33.7 Å². The van der Waals surface area contributed by atoms with Gasteiger partial charge in [0.15, 0.2) is 5.82 Å². The molecule has 2 amide bonds. The zero-order chi connectivity index (χ0) is 26.1. The van der Waals surface area contributed by atoms with Crippen LogP contribution in [0.15, 0.2) is 77.0 Å². The Kier molecular flexibility index (Phi) is 9.39. The van der Waals surface area contributed by atoms with Crippen LogP contribution < -0.4 is 5.32 Å². The fourth-order valence-corrected chi connectivity index (χ4v) is 4.51. The molecule has 0 saturated heterocycles. The molecule has 9 heteroatoms. The Morgan fingerprint density at radius 2 is 2.11 bits per heavy atom. The summed E-state index contributed by atoms with van der Waals surface area (Å²) in [4.78, 5) is 38.2. The number of allylic oxidation sites excluding steroid dienone is 9. The molecule has 1 aromatic rings. The van der Waals surface area contributed by atoms with Crippen molar-refractivity contribution in [3.05, 3.63) is 99.4 Å². The van der Waals surface area contributed by atoms with Crippen LogP contribution in [-0.4, -0.2) is 28.0 Å². The Hall–Kier alpha value is -3.94. The van der Waals surface area contributed by atoms with E-state index >= 15 is 0 Å². The molecule has 0 saturated carbocycles. The zero-order valence-electron chi connectivity index (χ0n) is 20.6. The van der Waals surface area contributed by atoms with Gasteiger partial charge < -0.3 is 5.32 Å². The van der Waals surface area contributed by atoms with Crippen LogP contribution in [0.1, 0.15) is 50.2 Å². The molecule has 3 rings (SSSR count). The average Bonchev–Trinajstić information content (AvgIpc) is 3.13. The topological polar surface area (TPSA) is 121 Å². The third-order valence-corrected chi connectivity index (χ3v) is 6.65. The lowest BCUT2D eigenvalue weighted by molar-refractivity contribution is -0.115. The van der Waals surface area contributed by atoms with Crippen LogP contribution in [0.3, 0.4) is 0 Å². The number of hydrogen-bond acceptors (Lipinski definition) is 5. The van der Waals surface area contributed by atoms with Gasteiger partial charge in [0.2, 0.25) is 11.8 Å². The minimum Gasteiger partial charge on any atom is -0.309 e. The first kappa shape index (κ1) is 26.7. The lowest BCUT2D eigenvalue weighted by Crippen LogP contribution is -2.18. The molecule has 1 N–H and O–H groups in total. The van der Waals surface area contributed by atoms with E-state index in [9.17, 15) is 9.59 Å². The number of nitrogens with zero attached hydrogens (tertiary/aromatic N) is 5. The number of aromatic nitrogens is 2. The lowest BCUT2D eigenvalue weighted by Gasteiger charge is -2.21. The largest absolute Gasteiger partial charge is 0.309 e. The molecule has 2 aliphatic rings. The van der Waals surface area contributed by atoms with Crippen molar-refractivity contribution >= 4 is 39.9 Å². The maximum Gasteiger partial charge on any atom is 0.249 e. The van der Waals surface area contributed by atoms with E-state index in [4.69, 9.17) is 15.5 Å². The van der Waals surface area contributed by atoms with E-state index in [2.05, 4.69) is 21.9 Å². The van der Waals surface area contributed by atoms with Crippen molar-refractivity contribution in [2.45, 2.75) is 39.5 Å². The van der Waals surface area contributed by atoms with Crippen LogP contribution >= 0.6 is 11.8 Å². The minimum absolute atomic E-state index is 0.154. The number of amides is 2. The highest BCUT2D eigenvalue weighted by Crippen LogP contribution is 2.35. The van der Waals surface area contributed by atoms with Gasteiger partial charge in [-0.1, -0.05) is 49.1 Å². The molecule has 0 spiro atoms. The molecule has 0 aromatic carbocycles. The van der Waals surface area contributed by atoms with Gasteiger partial charge in [-0.15, -0.1) is 11.8 Å². The van der Waals surface area contributed by atoms with Crippen molar-refractivity contribution in [2.24, 2.45) is 5.11 Å². The summed E-state index contributed by atoms with van der Waals surface area (Å²) in [6, 6.07) is 0. The Labute approximate surface area is 215 Å². The van der Waals surface area contributed by atoms with Crippen LogP contribution in [-0.2, 0) is 16.0 Å². The maximum atomic E-state index is 12.9. The standard InChI is InChI=1S/C27H28N6O2S/c1-5-19(27(35)32-33-28)16-20-13-14-21-24(17(20)3)31-25(22(6-2)36-4)26(29-21)30-23(34)15-18-11-9-7-8-10-12-18/h5-9,11-12,16H,1,10,13-15H2,2-4H3,(H,29,30,34)/b19-16+,22-6-. The van der Waals surface area contributed by atoms with Gasteiger partial charge in [0, 0.05) is 15.4 Å². The molecular weight excluding hydrogens is 472 g/mol. The normalized spacial score (nSPS) is 15.5. The number of azide groups is 1. The van der Waals surface area contributed by atoms with Crippen molar-refractivity contribution in [1.29, 1.82) is 0 Å². The van der Waals surface area contributed by atoms with Crippen molar-refractivity contribution in [1.82, 2.24) is 9.97 Å². The molecule has 184 valence electrons. The lowest BCUT2D eigenvalue weighted by atomic mass is 9.91. The molecule has 36 heavy (non-hydrogen) atoms. The van der Waals surface area contributed by atoms with Gasteiger partial charge in [0.05, 0.1) is 17.8 Å². The van der Waals surface area contributed by atoms with Gasteiger partial charge in [-0.05, 0) is 72.8 Å². The van der Waals surface area contributed by atoms with Gasteiger partial charge in [-0.3, -0.25) is 9.59 Å².